The Labute approximate surface area is 267 Å². The highest BCUT2D eigenvalue weighted by molar-refractivity contribution is 7.80. The summed E-state index contributed by atoms with van der Waals surface area (Å²) in [6.45, 7) is 3.87. The van der Waals surface area contributed by atoms with Crippen LogP contribution >= 0.6 is 11.3 Å². The molecule has 0 bridgehead atoms. The standard InChI is InChI=1S/C26H33N9O9S2/c1-26(2)21(23(37)35(26)44-46(40,41)42)31-22(36)20(18-14-45-25(28)30-18)32-43-19(24(38)39)11-29-17-7-5-15(6-8-17)16-12-33(3)34(13-16)10-4-9-27/h5-8,12-14,19,21,29H,4,9-11,27H2,1-3H3,(H4-,28,30,31,36,38,39,40,41,42)/p+1/t19?,21-/m1/s1. The lowest BCUT2D eigenvalue weighted by Crippen LogP contribution is -2.76. The molecular formula is C26H34N9O9S2+. The second-order valence-corrected chi connectivity index (χ2v) is 12.6. The number of oxime groups is 1. The Morgan fingerprint density at radius 1 is 1.26 bits per heavy atom. The number of carboxylic acids is 1. The summed E-state index contributed by atoms with van der Waals surface area (Å²) < 4.78 is 39.4. The summed E-state index contributed by atoms with van der Waals surface area (Å²) >= 11 is 0.973. The van der Waals surface area contributed by atoms with Crippen molar-refractivity contribution in [1.29, 1.82) is 0 Å². The fourth-order valence-electron chi connectivity index (χ4n) is 4.48. The molecule has 1 unspecified atom stereocenters. The zero-order valence-corrected chi connectivity index (χ0v) is 26.6. The number of nitrogens with one attached hydrogen (secondary N) is 2. The molecule has 46 heavy (non-hydrogen) atoms. The SMILES string of the molecule is C[n+]1cc(-c2ccc(NCC(ON=C(C(=O)N[C@@H]3C(=O)N(OS(=O)(=O)O)C3(C)C)c3csc(N)n3)C(=O)O)cc2)cn1CCCN. The molecule has 1 aliphatic rings. The molecular weight excluding hydrogens is 646 g/mol. The number of hydroxylamine groups is 2. The van der Waals surface area contributed by atoms with Crippen LogP contribution in [0.5, 0.6) is 0 Å². The molecule has 18 nitrogen and oxygen atoms in total. The predicted octanol–water partition coefficient (Wildman–Crippen LogP) is -0.507. The normalized spacial score (nSPS) is 16.9. The van der Waals surface area contributed by atoms with Gasteiger partial charge in [-0.1, -0.05) is 17.3 Å². The lowest BCUT2D eigenvalue weighted by molar-refractivity contribution is -0.753. The zero-order valence-electron chi connectivity index (χ0n) is 25.0. The smallest absolute Gasteiger partial charge is 0.418 e. The van der Waals surface area contributed by atoms with Gasteiger partial charge < -0.3 is 32.0 Å². The van der Waals surface area contributed by atoms with Crippen LogP contribution in [0.4, 0.5) is 10.8 Å². The van der Waals surface area contributed by atoms with Gasteiger partial charge in [-0.25, -0.2) is 9.78 Å². The van der Waals surface area contributed by atoms with Gasteiger partial charge in [-0.05, 0) is 44.5 Å². The lowest BCUT2D eigenvalue weighted by atomic mass is 9.84. The van der Waals surface area contributed by atoms with E-state index >= 15 is 0 Å². The average molecular weight is 681 g/mol. The van der Waals surface area contributed by atoms with Crippen molar-refractivity contribution in [2.45, 2.75) is 44.5 Å². The van der Waals surface area contributed by atoms with Crippen molar-refractivity contribution in [3.63, 3.8) is 0 Å². The molecule has 3 aromatic rings. The van der Waals surface area contributed by atoms with Crippen LogP contribution in [0.3, 0.4) is 0 Å². The van der Waals surface area contributed by atoms with Crippen molar-refractivity contribution in [2.75, 3.05) is 24.1 Å². The molecule has 248 valence electrons. The summed E-state index contributed by atoms with van der Waals surface area (Å²) in [6.07, 6.45) is 3.28. The van der Waals surface area contributed by atoms with E-state index in [0.29, 0.717) is 17.3 Å². The molecule has 1 fully saturated rings. The molecule has 2 amide bonds. The summed E-state index contributed by atoms with van der Waals surface area (Å²) in [4.78, 5) is 47.0. The van der Waals surface area contributed by atoms with Crippen LogP contribution in [0, 0.1) is 0 Å². The third kappa shape index (κ3) is 7.95. The van der Waals surface area contributed by atoms with Gasteiger partial charge in [-0.2, -0.15) is 18.2 Å². The van der Waals surface area contributed by atoms with Crippen LogP contribution in [0.25, 0.3) is 11.1 Å². The number of β-lactam (4-membered cyclic amide) rings is 1. The number of carboxylic acid groups (broad SMARTS) is 1. The first-order valence-corrected chi connectivity index (χ1v) is 16.0. The molecule has 20 heteroatoms. The number of carbonyl (C=O) groups excluding carboxylic acids is 2. The number of hydrogen-bond donors (Lipinski definition) is 6. The van der Waals surface area contributed by atoms with E-state index in [-0.39, 0.29) is 17.4 Å². The number of benzene rings is 1. The molecule has 1 aromatic carbocycles. The number of carbonyl (C=O) groups is 3. The third-order valence-electron chi connectivity index (χ3n) is 6.97. The number of nitrogen functional groups attached to an aromatic ring is 1. The van der Waals surface area contributed by atoms with Crippen LogP contribution in [0.1, 0.15) is 26.0 Å². The van der Waals surface area contributed by atoms with Gasteiger partial charge >= 0.3 is 16.4 Å². The van der Waals surface area contributed by atoms with Crippen LogP contribution in [-0.4, -0.2) is 87.1 Å². The number of anilines is 2. The molecule has 8 N–H and O–H groups in total. The predicted molar refractivity (Wildman–Crippen MR) is 164 cm³/mol. The molecule has 0 spiro atoms. The zero-order chi connectivity index (χ0) is 33.8. The molecule has 1 aliphatic heterocycles. The quantitative estimate of drug-likeness (QED) is 0.0389. The van der Waals surface area contributed by atoms with Crippen molar-refractivity contribution in [3.8, 4) is 11.1 Å². The Balaban J connectivity index is 1.44. The minimum Gasteiger partial charge on any atom is -0.478 e. The Bertz CT molecular complexity index is 1740. The van der Waals surface area contributed by atoms with Gasteiger partial charge in [0.25, 0.3) is 11.8 Å². The summed E-state index contributed by atoms with van der Waals surface area (Å²) in [5.41, 5.74) is 11.9. The number of nitrogens with zero attached hydrogens (tertiary/aromatic N) is 5. The Morgan fingerprint density at radius 3 is 2.52 bits per heavy atom. The topological polar surface area (TPSA) is 258 Å². The minimum atomic E-state index is -5.01. The number of amides is 2. The molecule has 4 rings (SSSR count). The largest absolute Gasteiger partial charge is 0.478 e. The van der Waals surface area contributed by atoms with E-state index < -0.39 is 51.6 Å². The molecule has 2 aromatic heterocycles. The van der Waals surface area contributed by atoms with Crippen molar-refractivity contribution in [2.24, 2.45) is 17.9 Å². The maximum atomic E-state index is 13.2. The first-order chi connectivity index (χ1) is 21.6. The van der Waals surface area contributed by atoms with Gasteiger partial charge in [0, 0.05) is 11.1 Å². The fourth-order valence-corrected chi connectivity index (χ4v) is 5.48. The van der Waals surface area contributed by atoms with Gasteiger partial charge in [0.15, 0.2) is 17.9 Å². The lowest BCUT2D eigenvalue weighted by Gasteiger charge is -2.50. The van der Waals surface area contributed by atoms with Crippen molar-refractivity contribution < 1.29 is 46.3 Å². The number of aryl methyl sites for hydroxylation is 2. The average Bonchev–Trinajstić information content (AvgIpc) is 3.59. The second-order valence-electron chi connectivity index (χ2n) is 10.7. The Kier molecular flexibility index (Phi) is 10.3. The van der Waals surface area contributed by atoms with E-state index in [0.717, 1.165) is 35.4 Å². The summed E-state index contributed by atoms with van der Waals surface area (Å²) in [7, 11) is -3.07. The first-order valence-electron chi connectivity index (χ1n) is 13.7. The highest BCUT2D eigenvalue weighted by Crippen LogP contribution is 2.33. The second kappa shape index (κ2) is 13.8. The number of rotatable bonds is 15. The maximum Gasteiger partial charge on any atom is 0.418 e. The monoisotopic (exact) mass is 680 g/mol. The van der Waals surface area contributed by atoms with Crippen LogP contribution in [0.2, 0.25) is 0 Å². The first kappa shape index (κ1) is 34.2. The van der Waals surface area contributed by atoms with Crippen molar-refractivity contribution in [3.05, 3.63) is 47.7 Å². The summed E-state index contributed by atoms with van der Waals surface area (Å²) in [5, 5.41) is 20.7. The highest BCUT2D eigenvalue weighted by atomic mass is 32.3. The van der Waals surface area contributed by atoms with E-state index in [4.69, 9.17) is 20.9 Å². The highest BCUT2D eigenvalue weighted by Gasteiger charge is 2.58. The van der Waals surface area contributed by atoms with Gasteiger partial charge in [0.2, 0.25) is 12.3 Å². The van der Waals surface area contributed by atoms with Gasteiger partial charge in [0.1, 0.15) is 11.7 Å². The number of thiazole rings is 1. The molecule has 0 radical (unpaired) electrons. The Hall–Kier alpha value is -4.63. The maximum absolute atomic E-state index is 13.2. The van der Waals surface area contributed by atoms with E-state index in [9.17, 15) is 27.9 Å². The van der Waals surface area contributed by atoms with Crippen molar-refractivity contribution in [1.82, 2.24) is 20.0 Å². The third-order valence-corrected chi connectivity index (χ3v) is 7.98. The molecule has 0 aliphatic carbocycles. The van der Waals surface area contributed by atoms with E-state index in [1.165, 1.54) is 19.2 Å². The fraction of sp³-hybridized carbons (Fsp3) is 0.385. The Morgan fingerprint density at radius 2 is 1.96 bits per heavy atom. The molecule has 2 atom stereocenters. The molecule has 3 heterocycles. The van der Waals surface area contributed by atoms with E-state index in [1.807, 2.05) is 36.3 Å². The molecule has 0 saturated carbocycles. The van der Waals surface area contributed by atoms with Crippen LogP contribution in [0.15, 0.2) is 47.2 Å². The van der Waals surface area contributed by atoms with Crippen molar-refractivity contribution >= 4 is 56.1 Å². The van der Waals surface area contributed by atoms with E-state index in [2.05, 4.69) is 29.7 Å². The summed E-state index contributed by atoms with van der Waals surface area (Å²) in [5.74, 6) is -3.36. The number of nitrogens with two attached hydrogens (primary N) is 2. The number of aliphatic carboxylic acids is 1. The summed E-state index contributed by atoms with van der Waals surface area (Å²) in [6, 6.07) is 5.99. The van der Waals surface area contributed by atoms with Gasteiger partial charge in [0.05, 0.1) is 30.4 Å². The van der Waals surface area contributed by atoms with Gasteiger partial charge in [-0.15, -0.1) is 20.3 Å². The minimum absolute atomic E-state index is 0.0615. The molecule has 1 saturated heterocycles. The van der Waals surface area contributed by atoms with Crippen LogP contribution in [-0.2, 0) is 47.5 Å². The van der Waals surface area contributed by atoms with Gasteiger partial charge in [-0.3, -0.25) is 14.1 Å². The van der Waals surface area contributed by atoms with E-state index in [1.54, 1.807) is 12.1 Å². The number of aromatic nitrogens is 3. The van der Waals surface area contributed by atoms with Crippen LogP contribution < -0.4 is 26.8 Å². The number of hydrogen-bond acceptors (Lipinski definition) is 13.